The molecule has 0 radical (unpaired) electrons. The van der Waals surface area contributed by atoms with Gasteiger partial charge < -0.3 is 24.5 Å². The number of nitrogens with zero attached hydrogens (tertiary/aromatic N) is 5. The van der Waals surface area contributed by atoms with Crippen molar-refractivity contribution in [2.45, 2.75) is 45.1 Å². The summed E-state index contributed by atoms with van der Waals surface area (Å²) in [5.74, 6) is -0.181. The summed E-state index contributed by atoms with van der Waals surface area (Å²) >= 11 is 0. The molecular formula is C24H30N7O7P. The van der Waals surface area contributed by atoms with Crippen LogP contribution in [-0.4, -0.2) is 58.5 Å². The number of carbonyl (C=O) groups excluding carboxylic acids is 1. The van der Waals surface area contributed by atoms with E-state index in [0.29, 0.717) is 11.2 Å². The van der Waals surface area contributed by atoms with Crippen LogP contribution < -0.4 is 20.1 Å². The highest BCUT2D eigenvalue weighted by Gasteiger charge is 2.48. The molecular weight excluding hydrogens is 529 g/mol. The maximum absolute atomic E-state index is 13.8. The van der Waals surface area contributed by atoms with Crippen LogP contribution in [0.25, 0.3) is 11.2 Å². The summed E-state index contributed by atoms with van der Waals surface area (Å²) in [6, 6.07) is 9.78. The highest BCUT2D eigenvalue weighted by atomic mass is 31.2. The first-order valence-electron chi connectivity index (χ1n) is 12.1. The normalized spacial score (nSPS) is 23.1. The highest BCUT2D eigenvalue weighted by Crippen LogP contribution is 2.49. The van der Waals surface area contributed by atoms with Crippen molar-refractivity contribution < 1.29 is 32.6 Å². The van der Waals surface area contributed by atoms with E-state index in [1.165, 1.54) is 20.5 Å². The number of aromatic nitrogens is 4. The van der Waals surface area contributed by atoms with E-state index in [-0.39, 0.29) is 37.0 Å². The molecule has 1 fully saturated rings. The largest absolute Gasteiger partial charge is 0.479 e. The van der Waals surface area contributed by atoms with Gasteiger partial charge in [-0.05, 0) is 31.9 Å². The number of carbonyl (C=O) groups is 1. The summed E-state index contributed by atoms with van der Waals surface area (Å²) in [6.45, 7) is 3.24. The van der Waals surface area contributed by atoms with Crippen LogP contribution in [0.2, 0.25) is 0 Å². The zero-order valence-corrected chi connectivity index (χ0v) is 22.8. The molecule has 1 aliphatic heterocycles. The van der Waals surface area contributed by atoms with Crippen molar-refractivity contribution in [3.05, 3.63) is 36.7 Å². The number of nitrogens with one attached hydrogen (secondary N) is 1. The first-order chi connectivity index (χ1) is 18.6. The number of hydrogen-bond acceptors (Lipinski definition) is 12. The van der Waals surface area contributed by atoms with Crippen molar-refractivity contribution in [3.8, 4) is 17.7 Å². The highest BCUT2D eigenvalue weighted by molar-refractivity contribution is 7.52. The maximum atomic E-state index is 13.8. The molecule has 39 heavy (non-hydrogen) atoms. The molecule has 2 aromatic heterocycles. The van der Waals surface area contributed by atoms with Crippen molar-refractivity contribution in [3.63, 3.8) is 0 Å². The van der Waals surface area contributed by atoms with Gasteiger partial charge in [0.05, 0.1) is 39.3 Å². The Bertz CT molecular complexity index is 1410. The maximum Gasteiger partial charge on any atom is 0.459 e. The van der Waals surface area contributed by atoms with Gasteiger partial charge in [0.25, 0.3) is 0 Å². The van der Waals surface area contributed by atoms with Crippen molar-refractivity contribution in [1.82, 2.24) is 24.6 Å². The minimum absolute atomic E-state index is 0.0289. The standard InChI is InChI=1S/C24H30N7O7P/c1-5-17(21(32)35-4)30-39(33,38-15-9-7-6-8-10-15)36-12-16-11-24(2,13-25)22(37-16)31-14-27-18-19(31)28-23(26)29-20(18)34-3/h6-10,14,16-17,22H,5,11-12H2,1-4H3,(H,30,33)(H2,26,28,29)/t16-,17-,22+,24-,39?/m0/s1. The van der Waals surface area contributed by atoms with Gasteiger partial charge in [-0.3, -0.25) is 13.9 Å². The summed E-state index contributed by atoms with van der Waals surface area (Å²) in [7, 11) is -1.43. The van der Waals surface area contributed by atoms with Crippen LogP contribution in [0.3, 0.4) is 0 Å². The molecule has 14 nitrogen and oxygen atoms in total. The Morgan fingerprint density at radius 1 is 1.36 bits per heavy atom. The average Bonchev–Trinajstić information content (AvgIpc) is 3.50. The van der Waals surface area contributed by atoms with Crippen LogP contribution >= 0.6 is 7.75 Å². The zero-order chi connectivity index (χ0) is 28.2. The Balaban J connectivity index is 1.58. The van der Waals surface area contributed by atoms with E-state index < -0.39 is 37.5 Å². The molecule has 208 valence electrons. The fourth-order valence-electron chi connectivity index (χ4n) is 4.28. The molecule has 1 saturated heterocycles. The molecule has 3 heterocycles. The number of anilines is 1. The predicted molar refractivity (Wildman–Crippen MR) is 138 cm³/mol. The number of ether oxygens (including phenoxy) is 3. The summed E-state index contributed by atoms with van der Waals surface area (Å²) in [6.07, 6.45) is 0.463. The third-order valence-electron chi connectivity index (χ3n) is 6.23. The first-order valence-corrected chi connectivity index (χ1v) is 13.6. The lowest BCUT2D eigenvalue weighted by molar-refractivity contribution is -0.142. The van der Waals surface area contributed by atoms with Gasteiger partial charge in [-0.1, -0.05) is 25.1 Å². The average molecular weight is 560 g/mol. The predicted octanol–water partition coefficient (Wildman–Crippen LogP) is 2.98. The molecule has 3 aromatic rings. The minimum atomic E-state index is -4.11. The van der Waals surface area contributed by atoms with Gasteiger partial charge in [-0.2, -0.15) is 20.3 Å². The molecule has 15 heteroatoms. The Labute approximate surface area is 225 Å². The van der Waals surface area contributed by atoms with Crippen LogP contribution in [0.4, 0.5) is 5.95 Å². The van der Waals surface area contributed by atoms with E-state index in [9.17, 15) is 14.6 Å². The number of nitriles is 1. The molecule has 0 bridgehead atoms. The third-order valence-corrected chi connectivity index (χ3v) is 7.80. The van der Waals surface area contributed by atoms with Crippen molar-refractivity contribution in [1.29, 1.82) is 5.26 Å². The molecule has 1 aromatic carbocycles. The van der Waals surface area contributed by atoms with Gasteiger partial charge in [-0.25, -0.2) is 9.55 Å². The molecule has 1 unspecified atom stereocenters. The van der Waals surface area contributed by atoms with Crippen molar-refractivity contribution >= 4 is 30.8 Å². The number of rotatable bonds is 11. The quantitative estimate of drug-likeness (QED) is 0.258. The molecule has 4 rings (SSSR count). The summed E-state index contributed by atoms with van der Waals surface area (Å²) in [4.78, 5) is 24.8. The topological polar surface area (TPSA) is 186 Å². The number of imidazole rings is 1. The molecule has 0 spiro atoms. The number of esters is 1. The van der Waals surface area contributed by atoms with Crippen LogP contribution in [0.5, 0.6) is 11.6 Å². The molecule has 1 aliphatic rings. The monoisotopic (exact) mass is 559 g/mol. The lowest BCUT2D eigenvalue weighted by Crippen LogP contribution is -2.37. The number of hydrogen-bond donors (Lipinski definition) is 2. The number of nitrogen functional groups attached to an aromatic ring is 1. The number of methoxy groups -OCH3 is 2. The second-order valence-electron chi connectivity index (χ2n) is 9.07. The van der Waals surface area contributed by atoms with E-state index in [2.05, 4.69) is 26.1 Å². The second kappa shape index (κ2) is 11.5. The fourth-order valence-corrected chi connectivity index (χ4v) is 5.89. The first kappa shape index (κ1) is 28.3. The minimum Gasteiger partial charge on any atom is -0.479 e. The van der Waals surface area contributed by atoms with Gasteiger partial charge in [-0.15, -0.1) is 0 Å². The van der Waals surface area contributed by atoms with E-state index in [0.717, 1.165) is 0 Å². The van der Waals surface area contributed by atoms with E-state index in [1.807, 2.05) is 0 Å². The van der Waals surface area contributed by atoms with Gasteiger partial charge >= 0.3 is 13.7 Å². The Morgan fingerprint density at radius 2 is 2.10 bits per heavy atom. The van der Waals surface area contributed by atoms with Crippen molar-refractivity contribution in [2.75, 3.05) is 26.6 Å². The van der Waals surface area contributed by atoms with Crippen LogP contribution in [0.1, 0.15) is 32.9 Å². The summed E-state index contributed by atoms with van der Waals surface area (Å²) in [5.41, 5.74) is 5.49. The number of fused-ring (bicyclic) bond motifs is 1. The Kier molecular flexibility index (Phi) is 8.36. The molecule has 0 amide bonds. The SMILES string of the molecule is CC[C@H](NP(=O)(OC[C@@H]1C[C@@](C)(C#N)[C@H](n2cnc3c(OC)nc(N)nc32)O1)Oc1ccccc1)C(=O)OC. The number of para-hydroxylation sites is 1. The third kappa shape index (κ3) is 5.97. The van der Waals surface area contributed by atoms with Crippen molar-refractivity contribution in [2.24, 2.45) is 5.41 Å². The smallest absolute Gasteiger partial charge is 0.459 e. The van der Waals surface area contributed by atoms with E-state index >= 15 is 0 Å². The van der Waals surface area contributed by atoms with E-state index in [4.69, 9.17) is 29.0 Å². The fraction of sp³-hybridized carbons (Fsp3) is 0.458. The molecule has 0 saturated carbocycles. The molecule has 0 aliphatic carbocycles. The van der Waals surface area contributed by atoms with Gasteiger partial charge in [0.15, 0.2) is 17.4 Å². The number of benzene rings is 1. The van der Waals surface area contributed by atoms with Crippen LogP contribution in [0.15, 0.2) is 36.7 Å². The Morgan fingerprint density at radius 3 is 2.74 bits per heavy atom. The van der Waals surface area contributed by atoms with Crippen LogP contribution in [-0.2, 0) is 23.4 Å². The lowest BCUT2D eigenvalue weighted by atomic mass is 9.87. The summed E-state index contributed by atoms with van der Waals surface area (Å²) < 4.78 is 43.1. The molecule has 5 atom stereocenters. The van der Waals surface area contributed by atoms with Gasteiger partial charge in [0.2, 0.25) is 11.8 Å². The Hall–Kier alpha value is -3.76. The number of nitrogens with two attached hydrogens (primary N) is 1. The van der Waals surface area contributed by atoms with E-state index in [1.54, 1.807) is 48.7 Å². The lowest BCUT2D eigenvalue weighted by Gasteiger charge is -2.25. The second-order valence-corrected chi connectivity index (χ2v) is 10.8. The molecule has 3 N–H and O–H groups in total. The van der Waals surface area contributed by atoms with Gasteiger partial charge in [0.1, 0.15) is 17.2 Å². The van der Waals surface area contributed by atoms with Crippen LogP contribution in [0, 0.1) is 16.7 Å². The summed E-state index contributed by atoms with van der Waals surface area (Å²) in [5, 5.41) is 12.7. The van der Waals surface area contributed by atoms with Gasteiger partial charge in [0, 0.05) is 0 Å². The zero-order valence-electron chi connectivity index (χ0n) is 21.9.